The summed E-state index contributed by atoms with van der Waals surface area (Å²) >= 11 is 3.32. The van der Waals surface area contributed by atoms with Crippen LogP contribution in [0, 0.1) is 5.82 Å². The third-order valence-electron chi connectivity index (χ3n) is 3.56. The van der Waals surface area contributed by atoms with Crippen LogP contribution in [0.5, 0.6) is 0 Å². The van der Waals surface area contributed by atoms with Gasteiger partial charge in [0.1, 0.15) is 11.6 Å². The van der Waals surface area contributed by atoms with Gasteiger partial charge in [-0.1, -0.05) is 20.4 Å². The number of nitrogens with two attached hydrogens (primary N) is 1. The molecule has 0 fully saturated rings. The zero-order valence-electron chi connectivity index (χ0n) is 19.0. The molecule has 0 bridgehead atoms. The summed E-state index contributed by atoms with van der Waals surface area (Å²) in [6.07, 6.45) is 5.31. The van der Waals surface area contributed by atoms with Crippen molar-refractivity contribution in [2.24, 2.45) is 10.7 Å². The summed E-state index contributed by atoms with van der Waals surface area (Å²) in [4.78, 5) is 24.0. The van der Waals surface area contributed by atoms with Crippen LogP contribution in [-0.4, -0.2) is 39.3 Å². The minimum Gasteiger partial charge on any atom is -0.403 e. The van der Waals surface area contributed by atoms with E-state index in [9.17, 15) is 14.3 Å². The topological polar surface area (TPSA) is 138 Å². The zero-order valence-corrected chi connectivity index (χ0v) is 20.6. The molecule has 11 heteroatoms. The van der Waals surface area contributed by atoms with E-state index in [4.69, 9.17) is 5.73 Å². The molecule has 0 radical (unpaired) electrons. The Morgan fingerprint density at radius 3 is 2.67 bits per heavy atom. The fraction of sp³-hybridized carbons (Fsp3) is 0.273. The summed E-state index contributed by atoms with van der Waals surface area (Å²) in [6, 6.07) is 4.06. The second-order valence-electron chi connectivity index (χ2n) is 6.93. The van der Waals surface area contributed by atoms with Crippen molar-refractivity contribution in [2.45, 2.75) is 33.3 Å². The Bertz CT molecular complexity index is 1020. The lowest BCUT2D eigenvalue weighted by atomic mass is 10.1. The van der Waals surface area contributed by atoms with Crippen LogP contribution in [-0.2, 0) is 4.79 Å². The Hall–Kier alpha value is -3.31. The molecule has 1 heterocycles. The number of carbonyl (C=O) groups is 1. The highest BCUT2D eigenvalue weighted by atomic mass is 79.9. The van der Waals surface area contributed by atoms with Gasteiger partial charge in [-0.25, -0.2) is 9.37 Å². The fourth-order valence-corrected chi connectivity index (χ4v) is 2.44. The minimum atomic E-state index is -0.953. The van der Waals surface area contributed by atoms with Crippen LogP contribution in [0.4, 0.5) is 27.5 Å². The standard InChI is InChI=1S/C20H23BrFN7O2.C2H6/c1-4-17(30)26-12-5-6-15(22)16(7-12)28-18-14(21)10-25-19(29-18)27-13(8-23)9-24-11-20(2,3)31;1-2/h4-10,31H,1,11,23H2,2-3H3,(H,26,30)(H2,25,27,28,29);1-2H3/b13-8+,24-9?;. The molecule has 0 saturated heterocycles. The van der Waals surface area contributed by atoms with Crippen LogP contribution in [0.15, 0.2) is 58.4 Å². The zero-order chi connectivity index (χ0) is 25.0. The van der Waals surface area contributed by atoms with Crippen molar-refractivity contribution < 1.29 is 14.3 Å². The second kappa shape index (κ2) is 13.3. The van der Waals surface area contributed by atoms with Crippen molar-refractivity contribution in [3.8, 4) is 0 Å². The average Bonchev–Trinajstić information content (AvgIpc) is 2.77. The van der Waals surface area contributed by atoms with Gasteiger partial charge >= 0.3 is 0 Å². The number of aromatic nitrogens is 2. The molecule has 1 amide bonds. The summed E-state index contributed by atoms with van der Waals surface area (Å²) < 4.78 is 14.8. The third kappa shape index (κ3) is 9.79. The van der Waals surface area contributed by atoms with Crippen molar-refractivity contribution in [1.29, 1.82) is 0 Å². The number of amides is 1. The van der Waals surface area contributed by atoms with Crippen LogP contribution < -0.4 is 21.7 Å². The van der Waals surface area contributed by atoms with E-state index >= 15 is 0 Å². The van der Waals surface area contributed by atoms with Crippen molar-refractivity contribution >= 4 is 51.2 Å². The molecule has 0 saturated carbocycles. The van der Waals surface area contributed by atoms with Gasteiger partial charge in [-0.05, 0) is 54.1 Å². The smallest absolute Gasteiger partial charge is 0.247 e. The molecule has 0 aliphatic carbocycles. The van der Waals surface area contributed by atoms with Gasteiger partial charge in [0.2, 0.25) is 11.9 Å². The van der Waals surface area contributed by atoms with E-state index in [2.05, 4.69) is 53.4 Å². The first-order valence-electron chi connectivity index (χ1n) is 10.0. The van der Waals surface area contributed by atoms with Crippen LogP contribution in [0.2, 0.25) is 0 Å². The summed E-state index contributed by atoms with van der Waals surface area (Å²) in [5.74, 6) is -0.514. The van der Waals surface area contributed by atoms with E-state index < -0.39 is 17.3 Å². The number of anilines is 4. The van der Waals surface area contributed by atoms with Gasteiger partial charge in [-0.2, -0.15) is 4.98 Å². The maximum Gasteiger partial charge on any atom is 0.247 e. The van der Waals surface area contributed by atoms with Crippen molar-refractivity contribution in [3.63, 3.8) is 0 Å². The van der Waals surface area contributed by atoms with Gasteiger partial charge in [0.25, 0.3) is 0 Å². The van der Waals surface area contributed by atoms with E-state index in [1.807, 2.05) is 13.8 Å². The van der Waals surface area contributed by atoms with E-state index in [1.165, 1.54) is 36.8 Å². The van der Waals surface area contributed by atoms with Gasteiger partial charge < -0.3 is 26.8 Å². The van der Waals surface area contributed by atoms with E-state index in [0.717, 1.165) is 6.08 Å². The Kier molecular flexibility index (Phi) is 11.2. The molecule has 0 spiro atoms. The summed E-state index contributed by atoms with van der Waals surface area (Å²) in [6.45, 7) is 10.8. The normalized spacial score (nSPS) is 11.4. The van der Waals surface area contributed by atoms with E-state index in [1.54, 1.807) is 13.8 Å². The highest BCUT2D eigenvalue weighted by molar-refractivity contribution is 9.10. The third-order valence-corrected chi connectivity index (χ3v) is 4.14. The average molecular weight is 522 g/mol. The molecule has 1 aromatic heterocycles. The molecular formula is C22H29BrFN7O2. The predicted molar refractivity (Wildman–Crippen MR) is 135 cm³/mol. The lowest BCUT2D eigenvalue weighted by molar-refractivity contribution is -0.111. The van der Waals surface area contributed by atoms with Crippen LogP contribution in [0.1, 0.15) is 27.7 Å². The first-order chi connectivity index (χ1) is 15.6. The fourth-order valence-electron chi connectivity index (χ4n) is 2.15. The number of nitrogens with one attached hydrogen (secondary N) is 3. The number of rotatable bonds is 9. The van der Waals surface area contributed by atoms with Gasteiger partial charge in [0.05, 0.1) is 28.0 Å². The predicted octanol–water partition coefficient (Wildman–Crippen LogP) is 4.33. The Morgan fingerprint density at radius 2 is 2.06 bits per heavy atom. The number of hydrogen-bond donors (Lipinski definition) is 5. The first-order valence-corrected chi connectivity index (χ1v) is 10.8. The van der Waals surface area contributed by atoms with Crippen LogP contribution in [0.3, 0.4) is 0 Å². The monoisotopic (exact) mass is 521 g/mol. The van der Waals surface area contributed by atoms with Crippen molar-refractivity contribution in [3.05, 3.63) is 59.2 Å². The number of nitrogens with zero attached hydrogens (tertiary/aromatic N) is 3. The minimum absolute atomic E-state index is 0.0912. The molecule has 0 atom stereocenters. The first kappa shape index (κ1) is 27.7. The molecule has 33 heavy (non-hydrogen) atoms. The second-order valence-corrected chi connectivity index (χ2v) is 7.79. The number of benzene rings is 1. The van der Waals surface area contributed by atoms with E-state index in [-0.39, 0.29) is 24.0 Å². The number of carbonyl (C=O) groups excluding carboxylic acids is 1. The van der Waals surface area contributed by atoms with Gasteiger partial charge in [0.15, 0.2) is 0 Å². The molecule has 2 rings (SSSR count). The molecule has 1 aromatic carbocycles. The Balaban J connectivity index is 0.00000265. The molecule has 2 aromatic rings. The maximum absolute atomic E-state index is 14.3. The van der Waals surface area contributed by atoms with Crippen molar-refractivity contribution in [2.75, 3.05) is 22.5 Å². The SMILES string of the molecule is C=CC(=O)Nc1ccc(F)c(Nc2nc(N/C(C=NCC(C)(C)O)=C/N)ncc2Br)c1.CC. The van der Waals surface area contributed by atoms with Crippen LogP contribution >= 0.6 is 15.9 Å². The molecule has 0 aliphatic rings. The Morgan fingerprint density at radius 1 is 1.36 bits per heavy atom. The van der Waals surface area contributed by atoms with Gasteiger partial charge in [-0.3, -0.25) is 9.79 Å². The van der Waals surface area contributed by atoms with Crippen molar-refractivity contribution in [1.82, 2.24) is 9.97 Å². The number of aliphatic hydroxyl groups is 1. The largest absolute Gasteiger partial charge is 0.403 e. The molecule has 9 nitrogen and oxygen atoms in total. The highest BCUT2D eigenvalue weighted by Crippen LogP contribution is 2.28. The summed E-state index contributed by atoms with van der Waals surface area (Å²) in [5, 5.41) is 18.0. The highest BCUT2D eigenvalue weighted by Gasteiger charge is 2.12. The molecule has 0 aliphatic heterocycles. The molecular weight excluding hydrogens is 493 g/mol. The lowest BCUT2D eigenvalue weighted by Gasteiger charge is -2.13. The van der Waals surface area contributed by atoms with Crippen LogP contribution in [0.25, 0.3) is 0 Å². The number of aliphatic imine (C=N–C) groups is 1. The van der Waals surface area contributed by atoms with E-state index in [0.29, 0.717) is 15.9 Å². The quantitative estimate of drug-likeness (QED) is 0.244. The summed E-state index contributed by atoms with van der Waals surface area (Å²) in [5.41, 5.74) is 5.52. The summed E-state index contributed by atoms with van der Waals surface area (Å²) in [7, 11) is 0. The van der Waals surface area contributed by atoms with Gasteiger partial charge in [-0.15, -0.1) is 0 Å². The molecule has 0 unspecified atom stereocenters. The number of allylic oxidation sites excluding steroid dienone is 1. The van der Waals surface area contributed by atoms with Gasteiger partial charge in [0, 0.05) is 24.3 Å². The Labute approximate surface area is 201 Å². The number of halogens is 2. The number of hydrogen-bond acceptors (Lipinski definition) is 8. The molecule has 6 N–H and O–H groups in total. The maximum atomic E-state index is 14.3. The molecule has 178 valence electrons. The lowest BCUT2D eigenvalue weighted by Crippen LogP contribution is -2.23.